The van der Waals surface area contributed by atoms with Gasteiger partial charge >= 0.3 is 47.6 Å². The van der Waals surface area contributed by atoms with Gasteiger partial charge in [0.15, 0.2) is 0 Å². The SMILES string of the molecule is CC1CCC(CCC2CCC(c3ccc(C(=O)C(F)(F)C(F)(F)C(F)(F)C(F)(F)C(F)(F)C(F)(F)C(F)(F)C(F)(F)F)cc3)CC2)CC1. The fraction of sp³-hybridized carbons (Fsp3) is 0.767. The van der Waals surface area contributed by atoms with Crippen LogP contribution in [0.25, 0.3) is 0 Å². The molecule has 0 heterocycles. The van der Waals surface area contributed by atoms with Crippen molar-refractivity contribution < 1.29 is 79.4 Å². The topological polar surface area (TPSA) is 17.1 Å². The first-order valence-corrected chi connectivity index (χ1v) is 14.9. The van der Waals surface area contributed by atoms with E-state index in [1.165, 1.54) is 12.8 Å². The second kappa shape index (κ2) is 13.1. The van der Waals surface area contributed by atoms with Gasteiger partial charge < -0.3 is 0 Å². The summed E-state index contributed by atoms with van der Waals surface area (Å²) < 4.78 is 230. The Morgan fingerprint density at radius 2 is 0.875 bits per heavy atom. The minimum atomic E-state index is -8.74. The molecule has 276 valence electrons. The van der Waals surface area contributed by atoms with Crippen LogP contribution in [0.3, 0.4) is 0 Å². The normalized spacial score (nSPS) is 24.5. The zero-order valence-electron chi connectivity index (χ0n) is 25.0. The summed E-state index contributed by atoms with van der Waals surface area (Å²) in [5, 5.41) is 0. The van der Waals surface area contributed by atoms with Crippen LogP contribution in [0.1, 0.15) is 93.0 Å². The van der Waals surface area contributed by atoms with Gasteiger partial charge in [0, 0.05) is 5.56 Å². The Balaban J connectivity index is 1.75. The molecule has 1 aromatic rings. The molecule has 0 unspecified atom stereocenters. The first-order valence-electron chi connectivity index (χ1n) is 14.9. The van der Waals surface area contributed by atoms with Crippen molar-refractivity contribution in [1.29, 1.82) is 0 Å². The van der Waals surface area contributed by atoms with E-state index in [0.717, 1.165) is 50.7 Å². The van der Waals surface area contributed by atoms with Gasteiger partial charge in [0.2, 0.25) is 5.78 Å². The maximum absolute atomic E-state index is 14.5. The number of carbonyl (C=O) groups is 1. The minimum absolute atomic E-state index is 0.204. The second-order valence-corrected chi connectivity index (χ2v) is 12.9. The molecule has 1 aromatic carbocycles. The molecule has 0 radical (unpaired) electrons. The van der Waals surface area contributed by atoms with Gasteiger partial charge in [0.25, 0.3) is 0 Å². The van der Waals surface area contributed by atoms with Gasteiger partial charge in [-0.3, -0.25) is 4.79 Å². The Morgan fingerprint density at radius 3 is 1.27 bits per heavy atom. The number of halogens is 17. The molecule has 0 amide bonds. The molecule has 0 atom stereocenters. The van der Waals surface area contributed by atoms with Crippen LogP contribution in [0.5, 0.6) is 0 Å². The van der Waals surface area contributed by atoms with Crippen LogP contribution < -0.4 is 0 Å². The van der Waals surface area contributed by atoms with Crippen molar-refractivity contribution >= 4 is 5.78 Å². The van der Waals surface area contributed by atoms with Crippen LogP contribution in [0.15, 0.2) is 24.3 Å². The molecule has 48 heavy (non-hydrogen) atoms. The van der Waals surface area contributed by atoms with Crippen molar-refractivity contribution in [2.75, 3.05) is 0 Å². The average molecular weight is 731 g/mol. The number of carbonyl (C=O) groups excluding carboxylic acids is 1. The van der Waals surface area contributed by atoms with Gasteiger partial charge in [0.05, 0.1) is 0 Å². The molecule has 2 aliphatic carbocycles. The van der Waals surface area contributed by atoms with E-state index in [9.17, 15) is 79.4 Å². The summed E-state index contributed by atoms with van der Waals surface area (Å²) in [6.07, 6.45) is 1.68. The highest BCUT2D eigenvalue weighted by molar-refractivity contribution is 6.02. The van der Waals surface area contributed by atoms with Gasteiger partial charge in [-0.05, 0) is 54.9 Å². The maximum atomic E-state index is 14.5. The zero-order valence-corrected chi connectivity index (χ0v) is 25.0. The van der Waals surface area contributed by atoms with E-state index in [2.05, 4.69) is 6.92 Å². The third kappa shape index (κ3) is 6.62. The number of hydrogen-bond acceptors (Lipinski definition) is 1. The van der Waals surface area contributed by atoms with Crippen LogP contribution >= 0.6 is 0 Å². The Labute approximate surface area is 263 Å². The molecule has 0 aromatic heterocycles. The van der Waals surface area contributed by atoms with Crippen molar-refractivity contribution in [3.63, 3.8) is 0 Å². The highest BCUT2D eigenvalue weighted by Gasteiger charge is 2.95. The summed E-state index contributed by atoms with van der Waals surface area (Å²) in [5.74, 6) is -59.8. The number of hydrogen-bond donors (Lipinski definition) is 0. The molecule has 1 nitrogen and oxygen atoms in total. The molecule has 0 saturated heterocycles. The summed E-state index contributed by atoms with van der Waals surface area (Å²) in [7, 11) is 0. The third-order valence-corrected chi connectivity index (χ3v) is 9.62. The first kappa shape index (κ1) is 40.1. The minimum Gasteiger partial charge on any atom is -0.287 e. The quantitative estimate of drug-likeness (QED) is 0.155. The molecule has 2 aliphatic rings. The summed E-state index contributed by atoms with van der Waals surface area (Å²) in [6, 6.07) is 2.77. The van der Waals surface area contributed by atoms with E-state index in [1.807, 2.05) is 0 Å². The van der Waals surface area contributed by atoms with Gasteiger partial charge in [-0.1, -0.05) is 69.7 Å². The monoisotopic (exact) mass is 730 g/mol. The summed E-state index contributed by atoms with van der Waals surface area (Å²) >= 11 is 0. The predicted molar refractivity (Wildman–Crippen MR) is 137 cm³/mol. The van der Waals surface area contributed by atoms with E-state index < -0.39 is 59.0 Å². The van der Waals surface area contributed by atoms with Crippen molar-refractivity contribution in [2.24, 2.45) is 17.8 Å². The molecule has 2 fully saturated rings. The fourth-order valence-corrected chi connectivity index (χ4v) is 6.27. The van der Waals surface area contributed by atoms with Crippen LogP contribution in [0.4, 0.5) is 74.6 Å². The molecular formula is C30H31F17O. The zero-order chi connectivity index (χ0) is 36.9. The van der Waals surface area contributed by atoms with Gasteiger partial charge in [0.1, 0.15) is 0 Å². The Bertz CT molecular complexity index is 1250. The lowest BCUT2D eigenvalue weighted by Crippen LogP contribution is -2.75. The smallest absolute Gasteiger partial charge is 0.287 e. The van der Waals surface area contributed by atoms with E-state index in [-0.39, 0.29) is 5.92 Å². The van der Waals surface area contributed by atoms with Crippen LogP contribution in [0.2, 0.25) is 0 Å². The lowest BCUT2D eigenvalue weighted by atomic mass is 9.74. The number of alkyl halides is 17. The lowest BCUT2D eigenvalue weighted by Gasteiger charge is -2.42. The molecule has 0 N–H and O–H groups in total. The molecule has 3 rings (SSSR count). The number of Topliss-reactive ketones (excluding diaryl/α,β-unsaturated/α-hetero) is 1. The fourth-order valence-electron chi connectivity index (χ4n) is 6.27. The van der Waals surface area contributed by atoms with Gasteiger partial charge in [-0.25, -0.2) is 0 Å². The van der Waals surface area contributed by atoms with Crippen molar-refractivity contribution in [3.05, 3.63) is 35.4 Å². The van der Waals surface area contributed by atoms with Gasteiger partial charge in [-0.15, -0.1) is 0 Å². The molecule has 2 saturated carbocycles. The standard InChI is InChI=1S/C30H31F17O/c1-16-2-4-17(5-3-16)6-7-18-8-10-19(11-9-18)20-12-14-21(15-13-20)22(48)23(31,32)24(33,34)25(35,36)26(37,38)27(39,40)28(41,42)29(43,44)30(45,46)47/h12-19H,2-11H2,1H3. The molecule has 18 heteroatoms. The Morgan fingerprint density at radius 1 is 0.521 bits per heavy atom. The number of rotatable bonds is 12. The highest BCUT2D eigenvalue weighted by Crippen LogP contribution is 2.64. The van der Waals surface area contributed by atoms with Crippen LogP contribution in [-0.4, -0.2) is 53.4 Å². The number of ketones is 1. The Hall–Kier alpha value is -2.30. The number of benzene rings is 1. The van der Waals surface area contributed by atoms with E-state index >= 15 is 0 Å². The summed E-state index contributed by atoms with van der Waals surface area (Å²) in [6.45, 7) is 2.21. The van der Waals surface area contributed by atoms with E-state index in [4.69, 9.17) is 0 Å². The average Bonchev–Trinajstić information content (AvgIpc) is 2.99. The molecule has 0 aliphatic heterocycles. The largest absolute Gasteiger partial charge is 0.460 e. The molecular weight excluding hydrogens is 699 g/mol. The van der Waals surface area contributed by atoms with Crippen molar-refractivity contribution in [2.45, 2.75) is 125 Å². The van der Waals surface area contributed by atoms with Crippen molar-refractivity contribution in [1.82, 2.24) is 0 Å². The molecule has 0 bridgehead atoms. The predicted octanol–water partition coefficient (Wildman–Crippen LogP) is 11.8. The first-order chi connectivity index (χ1) is 21.6. The lowest BCUT2D eigenvalue weighted by molar-refractivity contribution is -0.459. The van der Waals surface area contributed by atoms with Gasteiger partial charge in [-0.2, -0.15) is 74.6 Å². The van der Waals surface area contributed by atoms with Crippen LogP contribution in [-0.2, 0) is 0 Å². The van der Waals surface area contributed by atoms with E-state index in [1.54, 1.807) is 0 Å². The van der Waals surface area contributed by atoms with Crippen molar-refractivity contribution in [3.8, 4) is 0 Å². The second-order valence-electron chi connectivity index (χ2n) is 12.9. The Kier molecular flexibility index (Phi) is 11.0. The maximum Gasteiger partial charge on any atom is 0.460 e. The van der Waals surface area contributed by atoms with Crippen LogP contribution in [0, 0.1) is 17.8 Å². The summed E-state index contributed by atoms with van der Waals surface area (Å²) in [4.78, 5) is 12.2. The van der Waals surface area contributed by atoms with E-state index in [0.29, 0.717) is 48.3 Å². The molecule has 0 spiro atoms. The highest BCUT2D eigenvalue weighted by atomic mass is 19.4. The summed E-state index contributed by atoms with van der Waals surface area (Å²) in [5.41, 5.74) is -1.15. The third-order valence-electron chi connectivity index (χ3n) is 9.62.